The van der Waals surface area contributed by atoms with E-state index >= 15 is 0 Å². The minimum absolute atomic E-state index is 0.228. The molecule has 1 unspecified atom stereocenters. The third kappa shape index (κ3) is 5.10. The molecule has 1 aromatic heterocycles. The zero-order valence-electron chi connectivity index (χ0n) is 12.2. The van der Waals surface area contributed by atoms with E-state index in [9.17, 15) is 4.39 Å². The predicted octanol–water partition coefficient (Wildman–Crippen LogP) is 4.03. The van der Waals surface area contributed by atoms with Crippen molar-refractivity contribution in [2.75, 3.05) is 6.54 Å². The molecule has 0 amide bonds. The number of hydrogen-bond acceptors (Lipinski definition) is 2. The van der Waals surface area contributed by atoms with Gasteiger partial charge in [-0.3, -0.25) is 4.98 Å². The Kier molecular flexibility index (Phi) is 6.15. The van der Waals surface area contributed by atoms with Crippen molar-refractivity contribution in [3.63, 3.8) is 0 Å². The van der Waals surface area contributed by atoms with E-state index in [-0.39, 0.29) is 11.9 Å². The summed E-state index contributed by atoms with van der Waals surface area (Å²) in [4.78, 5) is 4.03. The van der Waals surface area contributed by atoms with E-state index in [0.29, 0.717) is 11.4 Å². The Morgan fingerprint density at radius 3 is 2.67 bits per heavy atom. The molecule has 21 heavy (non-hydrogen) atoms. The maximum atomic E-state index is 13.4. The SMILES string of the molecule is CCCNC(Cc1ccncc1)Cc1cc(F)ccc1Cl. The van der Waals surface area contributed by atoms with E-state index < -0.39 is 0 Å². The molecule has 1 aromatic carbocycles. The summed E-state index contributed by atoms with van der Waals surface area (Å²) in [5.74, 6) is -0.243. The molecule has 1 N–H and O–H groups in total. The number of aromatic nitrogens is 1. The van der Waals surface area contributed by atoms with Crippen LogP contribution >= 0.6 is 11.6 Å². The summed E-state index contributed by atoms with van der Waals surface area (Å²) in [5, 5.41) is 4.13. The van der Waals surface area contributed by atoms with Gasteiger partial charge in [0.25, 0.3) is 0 Å². The van der Waals surface area contributed by atoms with Crippen molar-refractivity contribution < 1.29 is 4.39 Å². The topological polar surface area (TPSA) is 24.9 Å². The van der Waals surface area contributed by atoms with Gasteiger partial charge in [0, 0.05) is 23.5 Å². The number of nitrogens with one attached hydrogen (secondary N) is 1. The Bertz CT molecular complexity index is 560. The number of nitrogens with zero attached hydrogens (tertiary/aromatic N) is 1. The smallest absolute Gasteiger partial charge is 0.123 e. The van der Waals surface area contributed by atoms with Crippen LogP contribution in [0.3, 0.4) is 0 Å². The predicted molar refractivity (Wildman–Crippen MR) is 85.1 cm³/mol. The van der Waals surface area contributed by atoms with Gasteiger partial charge in [0.2, 0.25) is 0 Å². The van der Waals surface area contributed by atoms with Crippen molar-refractivity contribution >= 4 is 11.6 Å². The van der Waals surface area contributed by atoms with Crippen molar-refractivity contribution in [2.24, 2.45) is 0 Å². The van der Waals surface area contributed by atoms with E-state index in [2.05, 4.69) is 17.2 Å². The third-order valence-corrected chi connectivity index (χ3v) is 3.76. The van der Waals surface area contributed by atoms with E-state index in [1.54, 1.807) is 18.5 Å². The highest BCUT2D eigenvalue weighted by Crippen LogP contribution is 2.19. The zero-order valence-corrected chi connectivity index (χ0v) is 12.9. The van der Waals surface area contributed by atoms with Crippen molar-refractivity contribution in [2.45, 2.75) is 32.2 Å². The molecule has 0 aliphatic heterocycles. The number of halogens is 2. The molecular formula is C17H20ClFN2. The van der Waals surface area contributed by atoms with E-state index in [0.717, 1.165) is 24.9 Å². The molecule has 0 bridgehead atoms. The van der Waals surface area contributed by atoms with Crippen molar-refractivity contribution in [1.29, 1.82) is 0 Å². The van der Waals surface area contributed by atoms with Crippen molar-refractivity contribution in [1.82, 2.24) is 10.3 Å². The minimum atomic E-state index is -0.243. The first-order valence-corrected chi connectivity index (χ1v) is 7.63. The van der Waals surface area contributed by atoms with Gasteiger partial charge in [0.05, 0.1) is 0 Å². The molecule has 2 rings (SSSR count). The van der Waals surface area contributed by atoms with Gasteiger partial charge in [0.1, 0.15) is 5.82 Å². The van der Waals surface area contributed by atoms with Gasteiger partial charge in [-0.2, -0.15) is 0 Å². The van der Waals surface area contributed by atoms with E-state index in [1.165, 1.54) is 17.7 Å². The first-order chi connectivity index (χ1) is 10.2. The number of hydrogen-bond donors (Lipinski definition) is 1. The third-order valence-electron chi connectivity index (χ3n) is 3.39. The summed E-state index contributed by atoms with van der Waals surface area (Å²) < 4.78 is 13.4. The highest BCUT2D eigenvalue weighted by atomic mass is 35.5. The van der Waals surface area contributed by atoms with Crippen LogP contribution in [0.25, 0.3) is 0 Å². The van der Waals surface area contributed by atoms with Crippen LogP contribution in [0.1, 0.15) is 24.5 Å². The maximum absolute atomic E-state index is 13.4. The lowest BCUT2D eigenvalue weighted by atomic mass is 9.99. The van der Waals surface area contributed by atoms with Crippen LogP contribution in [0.4, 0.5) is 4.39 Å². The van der Waals surface area contributed by atoms with Crippen LogP contribution in [0.5, 0.6) is 0 Å². The lowest BCUT2D eigenvalue weighted by Gasteiger charge is -2.19. The lowest BCUT2D eigenvalue weighted by molar-refractivity contribution is 0.503. The summed E-state index contributed by atoms with van der Waals surface area (Å²) >= 11 is 6.17. The van der Waals surface area contributed by atoms with Crippen LogP contribution < -0.4 is 5.32 Å². The summed E-state index contributed by atoms with van der Waals surface area (Å²) in [6, 6.07) is 8.78. The van der Waals surface area contributed by atoms with Gasteiger partial charge < -0.3 is 5.32 Å². The molecule has 0 saturated heterocycles. The molecule has 0 fully saturated rings. The summed E-state index contributed by atoms with van der Waals surface area (Å²) in [5.41, 5.74) is 2.06. The molecule has 1 heterocycles. The quantitative estimate of drug-likeness (QED) is 0.835. The Hall–Kier alpha value is -1.45. The number of rotatable bonds is 7. The first-order valence-electron chi connectivity index (χ1n) is 7.25. The second kappa shape index (κ2) is 8.11. The molecule has 0 radical (unpaired) electrons. The van der Waals surface area contributed by atoms with Crippen molar-refractivity contribution in [3.05, 3.63) is 64.7 Å². The molecule has 1 atom stereocenters. The maximum Gasteiger partial charge on any atom is 0.123 e. The Balaban J connectivity index is 2.10. The normalized spacial score (nSPS) is 12.3. The van der Waals surface area contributed by atoms with Crippen LogP contribution in [0.15, 0.2) is 42.7 Å². The van der Waals surface area contributed by atoms with Gasteiger partial charge in [-0.15, -0.1) is 0 Å². The van der Waals surface area contributed by atoms with Gasteiger partial charge in [-0.05, 0) is 67.3 Å². The molecule has 0 aliphatic carbocycles. The fourth-order valence-electron chi connectivity index (χ4n) is 2.33. The largest absolute Gasteiger partial charge is 0.313 e. The fraction of sp³-hybridized carbons (Fsp3) is 0.353. The van der Waals surface area contributed by atoms with Crippen LogP contribution in [-0.2, 0) is 12.8 Å². The molecular weight excluding hydrogens is 287 g/mol. The molecule has 0 spiro atoms. The number of pyridine rings is 1. The average Bonchev–Trinajstić information content (AvgIpc) is 2.49. The molecule has 112 valence electrons. The number of benzene rings is 1. The minimum Gasteiger partial charge on any atom is -0.313 e. The monoisotopic (exact) mass is 306 g/mol. The summed E-state index contributed by atoms with van der Waals surface area (Å²) in [7, 11) is 0. The molecule has 4 heteroatoms. The Morgan fingerprint density at radius 2 is 1.95 bits per heavy atom. The first kappa shape index (κ1) is 15.9. The second-order valence-electron chi connectivity index (χ2n) is 5.15. The van der Waals surface area contributed by atoms with Crippen LogP contribution in [-0.4, -0.2) is 17.6 Å². The average molecular weight is 307 g/mol. The Labute approximate surface area is 130 Å². The standard InChI is InChI=1S/C17H20ClFN2/c1-2-7-21-16(10-13-5-8-20-9-6-13)12-14-11-15(19)3-4-17(14)18/h3-6,8-9,11,16,21H,2,7,10,12H2,1H3. The van der Waals surface area contributed by atoms with Gasteiger partial charge >= 0.3 is 0 Å². The molecule has 0 aliphatic rings. The second-order valence-corrected chi connectivity index (χ2v) is 5.56. The van der Waals surface area contributed by atoms with E-state index in [1.807, 2.05) is 12.1 Å². The Morgan fingerprint density at radius 1 is 1.19 bits per heavy atom. The summed E-state index contributed by atoms with van der Waals surface area (Å²) in [6.07, 6.45) is 6.22. The lowest BCUT2D eigenvalue weighted by Crippen LogP contribution is -2.34. The molecule has 2 nitrogen and oxygen atoms in total. The highest BCUT2D eigenvalue weighted by Gasteiger charge is 2.12. The van der Waals surface area contributed by atoms with Crippen LogP contribution in [0, 0.1) is 5.82 Å². The fourth-order valence-corrected chi connectivity index (χ4v) is 2.53. The van der Waals surface area contributed by atoms with Crippen LogP contribution in [0.2, 0.25) is 5.02 Å². The molecule has 2 aromatic rings. The zero-order chi connectivity index (χ0) is 15.1. The highest BCUT2D eigenvalue weighted by molar-refractivity contribution is 6.31. The van der Waals surface area contributed by atoms with Crippen molar-refractivity contribution in [3.8, 4) is 0 Å². The van der Waals surface area contributed by atoms with Gasteiger partial charge in [0.15, 0.2) is 0 Å². The van der Waals surface area contributed by atoms with Gasteiger partial charge in [-0.25, -0.2) is 4.39 Å². The van der Waals surface area contributed by atoms with Gasteiger partial charge in [-0.1, -0.05) is 18.5 Å². The van der Waals surface area contributed by atoms with E-state index in [4.69, 9.17) is 11.6 Å². The molecule has 0 saturated carbocycles. The summed E-state index contributed by atoms with van der Waals surface area (Å²) in [6.45, 7) is 3.06.